The number of methoxy groups -OCH3 is 1. The van der Waals surface area contributed by atoms with Gasteiger partial charge in [-0.05, 0) is 25.2 Å². The molecule has 5 heteroatoms. The lowest BCUT2D eigenvalue weighted by molar-refractivity contribution is -0.0299. The predicted molar refractivity (Wildman–Crippen MR) is 58.8 cm³/mol. The highest BCUT2D eigenvalue weighted by atomic mass is 16.5. The van der Waals surface area contributed by atoms with Crippen molar-refractivity contribution >= 4 is 0 Å². The summed E-state index contributed by atoms with van der Waals surface area (Å²) in [6.07, 6.45) is 4.17. The van der Waals surface area contributed by atoms with Crippen LogP contribution in [0.1, 0.15) is 38.0 Å². The first-order chi connectivity index (χ1) is 7.77. The Morgan fingerprint density at radius 1 is 1.62 bits per heavy atom. The molecule has 1 aromatic heterocycles. The Hall–Kier alpha value is -0.940. The van der Waals surface area contributed by atoms with Crippen molar-refractivity contribution in [3.8, 4) is 0 Å². The van der Waals surface area contributed by atoms with Gasteiger partial charge in [0.05, 0.1) is 18.0 Å². The first-order valence-corrected chi connectivity index (χ1v) is 5.87. The lowest BCUT2D eigenvalue weighted by atomic mass is 10.1. The third-order valence-corrected chi connectivity index (χ3v) is 3.06. The third kappa shape index (κ3) is 2.25. The molecule has 1 aliphatic rings. The number of hydrogen-bond acceptors (Lipinski definition) is 4. The van der Waals surface area contributed by atoms with E-state index in [9.17, 15) is 5.11 Å². The van der Waals surface area contributed by atoms with Crippen molar-refractivity contribution in [3.05, 3.63) is 11.9 Å². The Morgan fingerprint density at radius 2 is 2.38 bits per heavy atom. The molecule has 1 N–H and O–H groups in total. The van der Waals surface area contributed by atoms with Gasteiger partial charge in [0.2, 0.25) is 0 Å². The minimum absolute atomic E-state index is 0.117. The molecule has 1 aliphatic carbocycles. The molecular weight excluding hydrogens is 206 g/mol. The number of aliphatic hydroxyl groups is 1. The van der Waals surface area contributed by atoms with Crippen LogP contribution in [0.25, 0.3) is 0 Å². The van der Waals surface area contributed by atoms with E-state index in [4.69, 9.17) is 4.74 Å². The number of nitrogens with zero attached hydrogens (tertiary/aromatic N) is 3. The molecule has 2 rings (SSSR count). The second kappa shape index (κ2) is 4.93. The average molecular weight is 225 g/mol. The van der Waals surface area contributed by atoms with Gasteiger partial charge in [-0.3, -0.25) is 0 Å². The zero-order valence-electron chi connectivity index (χ0n) is 9.83. The van der Waals surface area contributed by atoms with E-state index in [1.807, 2.05) is 0 Å². The fourth-order valence-electron chi connectivity index (χ4n) is 2.05. The summed E-state index contributed by atoms with van der Waals surface area (Å²) in [5, 5.41) is 18.1. The highest BCUT2D eigenvalue weighted by molar-refractivity contribution is 5.04. The molecule has 0 aliphatic heterocycles. The number of aliphatic hydroxyl groups excluding tert-OH is 1. The molecule has 0 spiro atoms. The van der Waals surface area contributed by atoms with Gasteiger partial charge < -0.3 is 9.84 Å². The monoisotopic (exact) mass is 225 g/mol. The SMILES string of the molecule is CCCn1nncc1C(O)C(OC)C1CC1. The summed E-state index contributed by atoms with van der Waals surface area (Å²) in [4.78, 5) is 0. The van der Waals surface area contributed by atoms with E-state index in [1.54, 1.807) is 18.0 Å². The van der Waals surface area contributed by atoms with E-state index >= 15 is 0 Å². The van der Waals surface area contributed by atoms with Crippen LogP contribution in [0.3, 0.4) is 0 Å². The molecule has 0 aromatic carbocycles. The molecule has 1 aromatic rings. The summed E-state index contributed by atoms with van der Waals surface area (Å²) in [5.41, 5.74) is 0.764. The van der Waals surface area contributed by atoms with Gasteiger partial charge in [-0.25, -0.2) is 4.68 Å². The van der Waals surface area contributed by atoms with Gasteiger partial charge in [-0.15, -0.1) is 5.10 Å². The molecule has 1 saturated carbocycles. The fourth-order valence-corrected chi connectivity index (χ4v) is 2.05. The maximum Gasteiger partial charge on any atom is 0.124 e. The van der Waals surface area contributed by atoms with Gasteiger partial charge in [0.25, 0.3) is 0 Å². The zero-order valence-corrected chi connectivity index (χ0v) is 9.83. The Balaban J connectivity index is 2.11. The number of rotatable bonds is 6. The van der Waals surface area contributed by atoms with Crippen molar-refractivity contribution in [2.45, 2.75) is 44.9 Å². The van der Waals surface area contributed by atoms with Gasteiger partial charge >= 0.3 is 0 Å². The highest BCUT2D eigenvalue weighted by Gasteiger charge is 2.38. The number of aryl methyl sites for hydroxylation is 1. The van der Waals surface area contributed by atoms with Crippen molar-refractivity contribution in [1.82, 2.24) is 15.0 Å². The Kier molecular flexibility index (Phi) is 3.56. The fraction of sp³-hybridized carbons (Fsp3) is 0.818. The van der Waals surface area contributed by atoms with Crippen LogP contribution in [0.2, 0.25) is 0 Å². The molecule has 5 nitrogen and oxygen atoms in total. The molecule has 0 amide bonds. The number of aromatic nitrogens is 3. The van der Waals surface area contributed by atoms with E-state index < -0.39 is 6.10 Å². The number of ether oxygens (including phenoxy) is 1. The average Bonchev–Trinajstić information content (AvgIpc) is 2.99. The summed E-state index contributed by atoms with van der Waals surface area (Å²) >= 11 is 0. The van der Waals surface area contributed by atoms with E-state index in [0.717, 1.165) is 31.5 Å². The largest absolute Gasteiger partial charge is 0.384 e. The first-order valence-electron chi connectivity index (χ1n) is 5.87. The minimum Gasteiger partial charge on any atom is -0.384 e. The third-order valence-electron chi connectivity index (χ3n) is 3.06. The van der Waals surface area contributed by atoms with Crippen molar-refractivity contribution in [2.75, 3.05) is 7.11 Å². The summed E-state index contributed by atoms with van der Waals surface area (Å²) in [6.45, 7) is 2.86. The Labute approximate surface area is 95.4 Å². The second-order valence-corrected chi connectivity index (χ2v) is 4.36. The summed E-state index contributed by atoms with van der Waals surface area (Å²) < 4.78 is 7.14. The summed E-state index contributed by atoms with van der Waals surface area (Å²) in [5.74, 6) is 0.491. The molecule has 90 valence electrons. The van der Waals surface area contributed by atoms with E-state index in [-0.39, 0.29) is 6.10 Å². The number of hydrogen-bond donors (Lipinski definition) is 1. The van der Waals surface area contributed by atoms with E-state index in [2.05, 4.69) is 17.2 Å². The van der Waals surface area contributed by atoms with Crippen LogP contribution in [0.5, 0.6) is 0 Å². The molecular formula is C11H19N3O2. The second-order valence-electron chi connectivity index (χ2n) is 4.36. The molecule has 1 fully saturated rings. The van der Waals surface area contributed by atoms with Crippen LogP contribution in [-0.2, 0) is 11.3 Å². The van der Waals surface area contributed by atoms with Crippen LogP contribution in [0.4, 0.5) is 0 Å². The molecule has 0 saturated heterocycles. The molecule has 2 unspecified atom stereocenters. The van der Waals surface area contributed by atoms with Gasteiger partial charge in [-0.1, -0.05) is 12.1 Å². The van der Waals surface area contributed by atoms with Crippen molar-refractivity contribution < 1.29 is 9.84 Å². The van der Waals surface area contributed by atoms with Crippen molar-refractivity contribution in [2.24, 2.45) is 5.92 Å². The molecule has 2 atom stereocenters. The van der Waals surface area contributed by atoms with Crippen molar-refractivity contribution in [1.29, 1.82) is 0 Å². The summed E-state index contributed by atoms with van der Waals surface area (Å²) in [7, 11) is 1.65. The maximum atomic E-state index is 10.3. The van der Waals surface area contributed by atoms with Gasteiger partial charge in [0.15, 0.2) is 0 Å². The zero-order chi connectivity index (χ0) is 11.5. The van der Waals surface area contributed by atoms with Gasteiger partial charge in [0.1, 0.15) is 6.10 Å². The molecule has 0 bridgehead atoms. The van der Waals surface area contributed by atoms with Crippen LogP contribution < -0.4 is 0 Å². The van der Waals surface area contributed by atoms with Crippen LogP contribution in [0, 0.1) is 5.92 Å². The quantitative estimate of drug-likeness (QED) is 0.789. The lowest BCUT2D eigenvalue weighted by Gasteiger charge is -2.21. The van der Waals surface area contributed by atoms with Crippen LogP contribution in [0.15, 0.2) is 6.20 Å². The molecule has 16 heavy (non-hydrogen) atoms. The highest BCUT2D eigenvalue weighted by Crippen LogP contribution is 2.39. The lowest BCUT2D eigenvalue weighted by Crippen LogP contribution is -2.25. The molecule has 1 heterocycles. The molecule has 0 radical (unpaired) electrons. The van der Waals surface area contributed by atoms with E-state index in [0.29, 0.717) is 5.92 Å². The normalized spacial score (nSPS) is 19.7. The summed E-state index contributed by atoms with van der Waals surface area (Å²) in [6, 6.07) is 0. The Bertz CT molecular complexity index is 336. The maximum absolute atomic E-state index is 10.3. The van der Waals surface area contributed by atoms with Gasteiger partial charge in [0, 0.05) is 13.7 Å². The standard InChI is InChI=1S/C11H19N3O2/c1-3-6-14-9(7-12-13-14)10(15)11(16-2)8-4-5-8/h7-8,10-11,15H,3-6H2,1-2H3. The van der Waals surface area contributed by atoms with Gasteiger partial charge in [-0.2, -0.15) is 0 Å². The topological polar surface area (TPSA) is 60.2 Å². The smallest absolute Gasteiger partial charge is 0.124 e. The van der Waals surface area contributed by atoms with Crippen LogP contribution >= 0.6 is 0 Å². The van der Waals surface area contributed by atoms with E-state index in [1.165, 1.54) is 0 Å². The van der Waals surface area contributed by atoms with Crippen LogP contribution in [-0.4, -0.2) is 33.3 Å². The minimum atomic E-state index is -0.612. The predicted octanol–water partition coefficient (Wildman–Crippen LogP) is 1.15. The first kappa shape index (κ1) is 11.5. The Morgan fingerprint density at radius 3 is 2.94 bits per heavy atom. The van der Waals surface area contributed by atoms with Crippen molar-refractivity contribution in [3.63, 3.8) is 0 Å².